The monoisotopic (exact) mass is 280 g/mol. The fourth-order valence-corrected chi connectivity index (χ4v) is 2.82. The average molecular weight is 280 g/mol. The Bertz CT molecular complexity index is 517. The van der Waals surface area contributed by atoms with E-state index < -0.39 is 0 Å². The van der Waals surface area contributed by atoms with E-state index >= 15 is 0 Å². The van der Waals surface area contributed by atoms with Crippen LogP contribution in [0.3, 0.4) is 0 Å². The van der Waals surface area contributed by atoms with Crippen molar-refractivity contribution >= 4 is 0 Å². The molecule has 1 aromatic rings. The Morgan fingerprint density at radius 3 is 2.60 bits per heavy atom. The van der Waals surface area contributed by atoms with Gasteiger partial charge in [0.05, 0.1) is 12.3 Å². The topological polar surface area (TPSA) is 65.7 Å². The molecule has 2 heterocycles. The van der Waals surface area contributed by atoms with E-state index in [9.17, 15) is 15.0 Å². The van der Waals surface area contributed by atoms with Crippen LogP contribution in [-0.2, 0) is 13.1 Å². The minimum Gasteiger partial charge on any atom is -0.503 e. The summed E-state index contributed by atoms with van der Waals surface area (Å²) in [5.74, 6) is 0.569. The van der Waals surface area contributed by atoms with Crippen molar-refractivity contribution in [3.05, 3.63) is 27.7 Å². The van der Waals surface area contributed by atoms with Gasteiger partial charge in [-0.3, -0.25) is 9.69 Å². The molecule has 20 heavy (non-hydrogen) atoms. The molecule has 5 heteroatoms. The van der Waals surface area contributed by atoms with Crippen LogP contribution in [0.4, 0.5) is 0 Å². The molecule has 0 unspecified atom stereocenters. The summed E-state index contributed by atoms with van der Waals surface area (Å²) in [6.07, 6.45) is 2.30. The first-order chi connectivity index (χ1) is 9.52. The van der Waals surface area contributed by atoms with Gasteiger partial charge in [0.25, 0.3) is 0 Å². The molecule has 0 saturated carbocycles. The molecule has 5 nitrogen and oxygen atoms in total. The lowest BCUT2D eigenvalue weighted by molar-refractivity contribution is 0.177. The Morgan fingerprint density at radius 1 is 1.35 bits per heavy atom. The van der Waals surface area contributed by atoms with Gasteiger partial charge in [-0.15, -0.1) is 0 Å². The van der Waals surface area contributed by atoms with Crippen LogP contribution in [0.1, 0.15) is 31.2 Å². The summed E-state index contributed by atoms with van der Waals surface area (Å²) in [7, 11) is 0. The first-order valence-corrected chi connectivity index (χ1v) is 7.28. The molecule has 0 aliphatic carbocycles. The van der Waals surface area contributed by atoms with Gasteiger partial charge in [0.2, 0.25) is 5.43 Å². The fraction of sp³-hybridized carbons (Fsp3) is 0.667. The van der Waals surface area contributed by atoms with Crippen LogP contribution in [0.15, 0.2) is 10.9 Å². The summed E-state index contributed by atoms with van der Waals surface area (Å²) >= 11 is 0. The highest BCUT2D eigenvalue weighted by atomic mass is 16.3. The highest BCUT2D eigenvalue weighted by molar-refractivity contribution is 5.29. The number of pyridine rings is 1. The molecule has 0 radical (unpaired) electrons. The number of hydrogen-bond acceptors (Lipinski definition) is 4. The lowest BCUT2D eigenvalue weighted by Crippen LogP contribution is -2.34. The number of nitrogens with zero attached hydrogens (tertiary/aromatic N) is 2. The van der Waals surface area contributed by atoms with Gasteiger partial charge in [0.15, 0.2) is 5.75 Å². The van der Waals surface area contributed by atoms with E-state index in [1.54, 1.807) is 0 Å². The van der Waals surface area contributed by atoms with E-state index in [1.807, 2.05) is 11.5 Å². The number of aliphatic hydroxyl groups is 1. The molecule has 0 aromatic carbocycles. The molecule has 2 N–H and O–H groups in total. The van der Waals surface area contributed by atoms with Crippen LogP contribution in [0.25, 0.3) is 0 Å². The third kappa shape index (κ3) is 3.22. The van der Waals surface area contributed by atoms with Crippen molar-refractivity contribution in [2.24, 2.45) is 5.92 Å². The van der Waals surface area contributed by atoms with Gasteiger partial charge in [0, 0.05) is 24.8 Å². The minimum absolute atomic E-state index is 0.00676. The normalized spacial score (nSPS) is 17.6. The second kappa shape index (κ2) is 6.41. The number of aromatic nitrogens is 1. The van der Waals surface area contributed by atoms with Gasteiger partial charge < -0.3 is 14.8 Å². The quantitative estimate of drug-likeness (QED) is 0.866. The van der Waals surface area contributed by atoms with E-state index in [-0.39, 0.29) is 17.8 Å². The Hall–Kier alpha value is -1.33. The number of aromatic hydroxyl groups is 1. The zero-order chi connectivity index (χ0) is 14.7. The Balaban J connectivity index is 2.27. The van der Waals surface area contributed by atoms with Crippen LogP contribution in [0.2, 0.25) is 0 Å². The first-order valence-electron chi connectivity index (χ1n) is 7.28. The van der Waals surface area contributed by atoms with E-state index in [0.717, 1.165) is 37.5 Å². The molecule has 2 rings (SSSR count). The highest BCUT2D eigenvalue weighted by Gasteiger charge is 2.20. The van der Waals surface area contributed by atoms with Crippen molar-refractivity contribution < 1.29 is 10.2 Å². The molecule has 112 valence electrons. The minimum atomic E-state index is -0.336. The molecule has 1 aliphatic heterocycles. The van der Waals surface area contributed by atoms with Gasteiger partial charge in [-0.1, -0.05) is 6.92 Å². The summed E-state index contributed by atoms with van der Waals surface area (Å²) < 4.78 is 1.84. The second-order valence-corrected chi connectivity index (χ2v) is 5.78. The number of aliphatic hydroxyl groups excluding tert-OH is 1. The zero-order valence-electron chi connectivity index (χ0n) is 12.3. The number of piperidine rings is 1. The Labute approximate surface area is 119 Å². The van der Waals surface area contributed by atoms with E-state index in [2.05, 4.69) is 11.8 Å². The van der Waals surface area contributed by atoms with Crippen molar-refractivity contribution in [1.82, 2.24) is 9.47 Å². The number of likely N-dealkylation sites (tertiary alicyclic amines) is 1. The predicted octanol–water partition coefficient (Wildman–Crippen LogP) is 1.09. The van der Waals surface area contributed by atoms with Crippen molar-refractivity contribution in [3.8, 4) is 5.75 Å². The van der Waals surface area contributed by atoms with Crippen molar-refractivity contribution in [3.63, 3.8) is 0 Å². The lowest BCUT2D eigenvalue weighted by atomic mass is 9.99. The van der Waals surface area contributed by atoms with Crippen LogP contribution >= 0.6 is 0 Å². The zero-order valence-corrected chi connectivity index (χ0v) is 12.3. The van der Waals surface area contributed by atoms with Crippen LogP contribution in [-0.4, -0.2) is 39.4 Å². The van der Waals surface area contributed by atoms with Crippen LogP contribution < -0.4 is 5.43 Å². The van der Waals surface area contributed by atoms with Crippen molar-refractivity contribution in [2.45, 2.75) is 39.8 Å². The maximum atomic E-state index is 11.8. The molecule has 0 spiro atoms. The van der Waals surface area contributed by atoms with Crippen molar-refractivity contribution in [2.75, 3.05) is 19.7 Å². The van der Waals surface area contributed by atoms with Gasteiger partial charge in [-0.05, 0) is 38.8 Å². The number of rotatable bonds is 4. The largest absolute Gasteiger partial charge is 0.503 e. The molecular weight excluding hydrogens is 256 g/mol. The summed E-state index contributed by atoms with van der Waals surface area (Å²) in [6.45, 7) is 7.02. The third-order valence-electron chi connectivity index (χ3n) is 4.17. The summed E-state index contributed by atoms with van der Waals surface area (Å²) in [6, 6.07) is 1.42. The molecule has 1 aromatic heterocycles. The maximum absolute atomic E-state index is 11.8. The van der Waals surface area contributed by atoms with E-state index in [4.69, 9.17) is 0 Å². The molecule has 0 atom stereocenters. The van der Waals surface area contributed by atoms with Gasteiger partial charge in [-0.2, -0.15) is 0 Å². The van der Waals surface area contributed by atoms with Gasteiger partial charge in [0.1, 0.15) is 0 Å². The molecule has 1 aliphatic rings. The number of hydrogen-bond donors (Lipinski definition) is 2. The smallest absolute Gasteiger partial charge is 0.223 e. The molecule has 0 amide bonds. The summed E-state index contributed by atoms with van der Waals surface area (Å²) in [5, 5.41) is 19.2. The SMILES string of the molecule is Cc1cc(=O)c(O)c(CN2CCC(C)CC2)n1CCO. The summed E-state index contributed by atoms with van der Waals surface area (Å²) in [5.41, 5.74) is 1.07. The molecule has 1 fully saturated rings. The van der Waals surface area contributed by atoms with Crippen molar-refractivity contribution in [1.29, 1.82) is 0 Å². The highest BCUT2D eigenvalue weighted by Crippen LogP contribution is 2.21. The van der Waals surface area contributed by atoms with Crippen LogP contribution in [0.5, 0.6) is 5.75 Å². The predicted molar refractivity (Wildman–Crippen MR) is 77.9 cm³/mol. The Morgan fingerprint density at radius 2 is 2.00 bits per heavy atom. The van der Waals surface area contributed by atoms with E-state index in [0.29, 0.717) is 18.8 Å². The van der Waals surface area contributed by atoms with E-state index in [1.165, 1.54) is 6.07 Å². The van der Waals surface area contributed by atoms with Gasteiger partial charge >= 0.3 is 0 Å². The number of aryl methyl sites for hydroxylation is 1. The second-order valence-electron chi connectivity index (χ2n) is 5.78. The lowest BCUT2D eigenvalue weighted by Gasteiger charge is -2.31. The Kier molecular flexibility index (Phi) is 4.83. The third-order valence-corrected chi connectivity index (χ3v) is 4.17. The first kappa shape index (κ1) is 15.1. The molecule has 0 bridgehead atoms. The van der Waals surface area contributed by atoms with Gasteiger partial charge in [-0.25, -0.2) is 0 Å². The maximum Gasteiger partial charge on any atom is 0.223 e. The molecule has 1 saturated heterocycles. The fourth-order valence-electron chi connectivity index (χ4n) is 2.82. The average Bonchev–Trinajstić information content (AvgIpc) is 2.42. The van der Waals surface area contributed by atoms with Crippen LogP contribution in [0, 0.1) is 12.8 Å². The summed E-state index contributed by atoms with van der Waals surface area (Å²) in [4.78, 5) is 14.0. The molecular formula is C15H24N2O3. The standard InChI is InChI=1S/C15H24N2O3/c1-11-3-5-16(6-4-11)10-13-15(20)14(19)9-12(2)17(13)7-8-18/h9,11,18,20H,3-8,10H2,1-2H3.